The summed E-state index contributed by atoms with van der Waals surface area (Å²) in [5.41, 5.74) is 3.09. The van der Waals surface area contributed by atoms with Gasteiger partial charge in [0.2, 0.25) is 5.91 Å². The molecule has 164 valence electrons. The van der Waals surface area contributed by atoms with Gasteiger partial charge in [-0.25, -0.2) is 4.68 Å². The molecule has 0 aliphatic heterocycles. The molecule has 0 spiro atoms. The van der Waals surface area contributed by atoms with Gasteiger partial charge in [0, 0.05) is 17.0 Å². The fourth-order valence-corrected chi connectivity index (χ4v) is 3.97. The average molecular weight is 438 g/mol. The first-order valence-corrected chi connectivity index (χ1v) is 10.6. The first-order valence-electron chi connectivity index (χ1n) is 10.6. The van der Waals surface area contributed by atoms with Gasteiger partial charge in [-0.2, -0.15) is 5.10 Å². The Morgan fingerprint density at radius 2 is 1.55 bits per heavy atom. The lowest BCUT2D eigenvalue weighted by molar-refractivity contribution is -0.121. The summed E-state index contributed by atoms with van der Waals surface area (Å²) in [4.78, 5) is 25.7. The summed E-state index contributed by atoms with van der Waals surface area (Å²) in [5.74, 6) is 0.619. The quantitative estimate of drug-likeness (QED) is 0.411. The number of para-hydroxylation sites is 2. The summed E-state index contributed by atoms with van der Waals surface area (Å²) in [5, 5.41) is 8.68. The van der Waals surface area contributed by atoms with E-state index < -0.39 is 0 Å². The van der Waals surface area contributed by atoms with E-state index in [1.165, 1.54) is 0 Å². The largest absolute Gasteiger partial charge is 0.497 e. The first-order chi connectivity index (χ1) is 16.1. The smallest absolute Gasteiger partial charge is 0.240 e. The lowest BCUT2D eigenvalue weighted by Gasteiger charge is -2.14. The van der Waals surface area contributed by atoms with Gasteiger partial charge in [0.05, 0.1) is 36.1 Å². The van der Waals surface area contributed by atoms with Crippen LogP contribution in [-0.2, 0) is 17.9 Å². The molecule has 33 heavy (non-hydrogen) atoms. The van der Waals surface area contributed by atoms with Crippen LogP contribution in [0.1, 0.15) is 5.69 Å². The molecule has 0 saturated heterocycles. The van der Waals surface area contributed by atoms with Crippen molar-refractivity contribution in [3.63, 3.8) is 0 Å². The van der Waals surface area contributed by atoms with Crippen LogP contribution in [0.2, 0.25) is 0 Å². The highest BCUT2D eigenvalue weighted by molar-refractivity contribution is 5.94. The van der Waals surface area contributed by atoms with Gasteiger partial charge in [0.1, 0.15) is 12.3 Å². The number of aromatic nitrogens is 3. The highest BCUT2D eigenvalue weighted by atomic mass is 16.5. The van der Waals surface area contributed by atoms with Crippen molar-refractivity contribution in [3.05, 3.63) is 101 Å². The Hall–Kier alpha value is -4.39. The Labute approximate surface area is 189 Å². The third kappa shape index (κ3) is 3.96. The molecule has 3 aromatic carbocycles. The van der Waals surface area contributed by atoms with E-state index in [0.717, 1.165) is 28.2 Å². The molecule has 0 radical (unpaired) electrons. The molecule has 0 aliphatic carbocycles. The van der Waals surface area contributed by atoms with E-state index in [4.69, 9.17) is 4.74 Å². The third-order valence-corrected chi connectivity index (χ3v) is 5.63. The number of hydrogen-bond acceptors (Lipinski definition) is 4. The number of nitrogens with one attached hydrogen (secondary N) is 1. The normalized spacial score (nSPS) is 11.1. The first kappa shape index (κ1) is 20.5. The standard InChI is InChI=1S/C26H22N4O3/c1-33-20-12-10-19(11-13-20)30-15-14-18(28-30)16-27-25(31)17-29-23-8-4-2-6-21(23)26(32)22-7-3-5-9-24(22)29/h2-15H,16-17H2,1H3,(H,27,31). The fourth-order valence-electron chi connectivity index (χ4n) is 3.97. The monoisotopic (exact) mass is 438 g/mol. The molecule has 0 fully saturated rings. The van der Waals surface area contributed by atoms with E-state index in [1.807, 2.05) is 77.5 Å². The number of ether oxygens (including phenoxy) is 1. The van der Waals surface area contributed by atoms with Crippen LogP contribution in [-0.4, -0.2) is 27.4 Å². The molecule has 5 rings (SSSR count). The van der Waals surface area contributed by atoms with E-state index in [2.05, 4.69) is 10.4 Å². The second-order valence-electron chi connectivity index (χ2n) is 7.68. The maximum atomic E-state index is 12.9. The average Bonchev–Trinajstić information content (AvgIpc) is 3.34. The molecular formula is C26H22N4O3. The number of pyridine rings is 1. The Morgan fingerprint density at radius 1 is 0.909 bits per heavy atom. The van der Waals surface area contributed by atoms with Gasteiger partial charge in [-0.3, -0.25) is 9.59 Å². The Bertz CT molecular complexity index is 1460. The minimum Gasteiger partial charge on any atom is -0.497 e. The van der Waals surface area contributed by atoms with Crippen molar-refractivity contribution in [3.8, 4) is 11.4 Å². The Balaban J connectivity index is 1.35. The van der Waals surface area contributed by atoms with Gasteiger partial charge in [0.25, 0.3) is 0 Å². The maximum absolute atomic E-state index is 12.9. The predicted octanol–water partition coefficient (Wildman–Crippen LogP) is 3.67. The number of amides is 1. The number of carbonyl (C=O) groups is 1. The second kappa shape index (κ2) is 8.63. The molecule has 0 atom stereocenters. The zero-order valence-electron chi connectivity index (χ0n) is 18.1. The minimum absolute atomic E-state index is 0.0260. The summed E-state index contributed by atoms with van der Waals surface area (Å²) in [6.45, 7) is 0.401. The van der Waals surface area contributed by atoms with E-state index in [-0.39, 0.29) is 17.9 Å². The van der Waals surface area contributed by atoms with E-state index in [0.29, 0.717) is 17.3 Å². The number of hydrogen-bond donors (Lipinski definition) is 1. The molecule has 5 aromatic rings. The van der Waals surface area contributed by atoms with Crippen molar-refractivity contribution >= 4 is 27.7 Å². The fraction of sp³-hybridized carbons (Fsp3) is 0.115. The van der Waals surface area contributed by atoms with Crippen molar-refractivity contribution < 1.29 is 9.53 Å². The van der Waals surface area contributed by atoms with Gasteiger partial charge >= 0.3 is 0 Å². The van der Waals surface area contributed by atoms with Gasteiger partial charge in [-0.05, 0) is 54.6 Å². The van der Waals surface area contributed by atoms with Crippen LogP contribution in [0.4, 0.5) is 0 Å². The molecule has 0 saturated carbocycles. The highest BCUT2D eigenvalue weighted by Crippen LogP contribution is 2.19. The maximum Gasteiger partial charge on any atom is 0.240 e. The number of carbonyl (C=O) groups excluding carboxylic acids is 1. The van der Waals surface area contributed by atoms with Crippen LogP contribution < -0.4 is 15.5 Å². The lowest BCUT2D eigenvalue weighted by atomic mass is 10.1. The van der Waals surface area contributed by atoms with E-state index in [9.17, 15) is 9.59 Å². The molecule has 0 aliphatic rings. The van der Waals surface area contributed by atoms with Gasteiger partial charge < -0.3 is 14.6 Å². The zero-order chi connectivity index (χ0) is 22.8. The summed E-state index contributed by atoms with van der Waals surface area (Å²) < 4.78 is 8.83. The number of nitrogens with zero attached hydrogens (tertiary/aromatic N) is 3. The number of rotatable bonds is 6. The van der Waals surface area contributed by atoms with Crippen LogP contribution in [0.25, 0.3) is 27.5 Å². The summed E-state index contributed by atoms with van der Waals surface area (Å²) >= 11 is 0. The van der Waals surface area contributed by atoms with Crippen molar-refractivity contribution in [2.24, 2.45) is 0 Å². The molecule has 2 heterocycles. The molecule has 1 N–H and O–H groups in total. The minimum atomic E-state index is -0.159. The van der Waals surface area contributed by atoms with Crippen molar-refractivity contribution in [2.45, 2.75) is 13.1 Å². The van der Waals surface area contributed by atoms with Crippen molar-refractivity contribution in [1.82, 2.24) is 19.7 Å². The molecule has 7 heteroatoms. The van der Waals surface area contributed by atoms with E-state index >= 15 is 0 Å². The van der Waals surface area contributed by atoms with Crippen LogP contribution >= 0.6 is 0 Å². The van der Waals surface area contributed by atoms with Crippen LogP contribution in [0.5, 0.6) is 5.75 Å². The predicted molar refractivity (Wildman–Crippen MR) is 128 cm³/mol. The number of benzene rings is 3. The molecule has 7 nitrogen and oxygen atoms in total. The molecule has 1 amide bonds. The summed E-state index contributed by atoms with van der Waals surface area (Å²) in [7, 11) is 1.63. The molecule has 0 bridgehead atoms. The third-order valence-electron chi connectivity index (χ3n) is 5.63. The summed E-state index contributed by atoms with van der Waals surface area (Å²) in [6, 6.07) is 24.2. The highest BCUT2D eigenvalue weighted by Gasteiger charge is 2.13. The zero-order valence-corrected chi connectivity index (χ0v) is 18.1. The summed E-state index contributed by atoms with van der Waals surface area (Å²) in [6.07, 6.45) is 1.85. The molecule has 0 unspecified atom stereocenters. The number of methoxy groups -OCH3 is 1. The second-order valence-corrected chi connectivity index (χ2v) is 7.68. The van der Waals surface area contributed by atoms with E-state index in [1.54, 1.807) is 23.9 Å². The SMILES string of the molecule is COc1ccc(-n2ccc(CNC(=O)Cn3c4ccccc4c(=O)c4ccccc43)n2)cc1. The van der Waals surface area contributed by atoms with Gasteiger partial charge in [-0.15, -0.1) is 0 Å². The van der Waals surface area contributed by atoms with Crippen LogP contribution in [0.3, 0.4) is 0 Å². The Kier molecular flexibility index (Phi) is 5.36. The van der Waals surface area contributed by atoms with Crippen molar-refractivity contribution in [1.29, 1.82) is 0 Å². The number of fused-ring (bicyclic) bond motifs is 2. The van der Waals surface area contributed by atoms with Gasteiger partial charge in [-0.1, -0.05) is 24.3 Å². The molecular weight excluding hydrogens is 416 g/mol. The van der Waals surface area contributed by atoms with Crippen LogP contribution in [0, 0.1) is 0 Å². The van der Waals surface area contributed by atoms with Crippen LogP contribution in [0.15, 0.2) is 89.9 Å². The Morgan fingerprint density at radius 3 is 2.18 bits per heavy atom. The lowest BCUT2D eigenvalue weighted by Crippen LogP contribution is -2.28. The van der Waals surface area contributed by atoms with Crippen molar-refractivity contribution in [2.75, 3.05) is 7.11 Å². The van der Waals surface area contributed by atoms with Gasteiger partial charge in [0.15, 0.2) is 5.43 Å². The topological polar surface area (TPSA) is 78.1 Å². The molecule has 2 aromatic heterocycles.